The van der Waals surface area contributed by atoms with Crippen LogP contribution in [0.5, 0.6) is 0 Å². The van der Waals surface area contributed by atoms with Crippen molar-refractivity contribution in [2.45, 2.75) is 6.92 Å². The van der Waals surface area contributed by atoms with Gasteiger partial charge in [0.2, 0.25) is 0 Å². The van der Waals surface area contributed by atoms with Crippen LogP contribution in [-0.4, -0.2) is 6.29 Å². The van der Waals surface area contributed by atoms with E-state index in [1.54, 1.807) is 6.92 Å². The summed E-state index contributed by atoms with van der Waals surface area (Å²) in [5.74, 6) is -1.32. The molecule has 92 valence electrons. The molecule has 0 saturated carbocycles. The number of aryl methyl sites for hydroxylation is 1. The zero-order chi connectivity index (χ0) is 13.3. The Balaban J connectivity index is 2.69. The van der Waals surface area contributed by atoms with Gasteiger partial charge in [-0.05, 0) is 24.6 Å². The first-order valence-corrected chi connectivity index (χ1v) is 5.62. The summed E-state index contributed by atoms with van der Waals surface area (Å²) in [6.07, 6.45) is 0.624. The van der Waals surface area contributed by atoms with Crippen molar-refractivity contribution in [3.63, 3.8) is 0 Å². The van der Waals surface area contributed by atoms with Gasteiger partial charge in [0, 0.05) is 16.1 Å². The van der Waals surface area contributed by atoms with E-state index < -0.39 is 11.6 Å². The molecule has 4 heteroatoms. The molecule has 2 rings (SSSR count). The zero-order valence-corrected chi connectivity index (χ0v) is 10.3. The van der Waals surface area contributed by atoms with Gasteiger partial charge in [0.1, 0.15) is 17.9 Å². The first-order valence-electron chi connectivity index (χ1n) is 5.24. The minimum atomic E-state index is -0.682. The monoisotopic (exact) mass is 266 g/mol. The molecule has 0 atom stereocenters. The Morgan fingerprint density at radius 2 is 1.89 bits per heavy atom. The number of aldehydes is 1. The van der Waals surface area contributed by atoms with E-state index in [0.29, 0.717) is 17.4 Å². The molecule has 0 fully saturated rings. The molecule has 2 aromatic carbocycles. The lowest BCUT2D eigenvalue weighted by Gasteiger charge is -2.09. The van der Waals surface area contributed by atoms with Crippen LogP contribution in [0.2, 0.25) is 5.02 Å². The van der Waals surface area contributed by atoms with E-state index in [1.807, 2.05) is 0 Å². The van der Waals surface area contributed by atoms with Crippen LogP contribution < -0.4 is 0 Å². The normalized spacial score (nSPS) is 10.4. The number of halogens is 3. The van der Waals surface area contributed by atoms with Crippen molar-refractivity contribution in [3.8, 4) is 11.1 Å². The summed E-state index contributed by atoms with van der Waals surface area (Å²) < 4.78 is 27.7. The predicted molar refractivity (Wildman–Crippen MR) is 66.9 cm³/mol. The van der Waals surface area contributed by atoms with Crippen LogP contribution in [0.1, 0.15) is 15.9 Å². The van der Waals surface area contributed by atoms with E-state index in [4.69, 9.17) is 11.6 Å². The maximum atomic E-state index is 13.9. The highest BCUT2D eigenvalue weighted by molar-refractivity contribution is 6.33. The standard InChI is InChI=1S/C14H9ClF2O/c1-8-2-5-12(16)13(14(8)17)10-4-3-9(7-18)6-11(10)15/h2-7H,1H3. The Bertz CT molecular complexity index is 623. The lowest BCUT2D eigenvalue weighted by molar-refractivity contribution is 0.112. The second kappa shape index (κ2) is 4.86. The number of hydrogen-bond donors (Lipinski definition) is 0. The average molecular weight is 267 g/mol. The highest BCUT2D eigenvalue weighted by Crippen LogP contribution is 2.33. The molecule has 1 nitrogen and oxygen atoms in total. The van der Waals surface area contributed by atoms with Gasteiger partial charge in [0.05, 0.1) is 5.56 Å². The molecule has 0 N–H and O–H groups in total. The molecule has 0 aliphatic heterocycles. The third kappa shape index (κ3) is 2.14. The van der Waals surface area contributed by atoms with Crippen LogP contribution in [0, 0.1) is 18.6 Å². The molecule has 0 aliphatic carbocycles. The molecular formula is C14H9ClF2O. The van der Waals surface area contributed by atoms with Gasteiger partial charge in [-0.25, -0.2) is 8.78 Å². The predicted octanol–water partition coefficient (Wildman–Crippen LogP) is 4.41. The number of rotatable bonds is 2. The maximum Gasteiger partial charge on any atom is 0.150 e. The van der Waals surface area contributed by atoms with Crippen LogP contribution in [0.3, 0.4) is 0 Å². The van der Waals surface area contributed by atoms with E-state index in [1.165, 1.54) is 30.3 Å². The Kier molecular flexibility index (Phi) is 3.43. The summed E-state index contributed by atoms with van der Waals surface area (Å²) in [6, 6.07) is 6.84. The van der Waals surface area contributed by atoms with E-state index in [9.17, 15) is 13.6 Å². The number of benzene rings is 2. The van der Waals surface area contributed by atoms with Crippen LogP contribution in [-0.2, 0) is 0 Å². The van der Waals surface area contributed by atoms with Gasteiger partial charge in [-0.3, -0.25) is 4.79 Å². The Morgan fingerprint density at radius 3 is 2.50 bits per heavy atom. The molecule has 0 heterocycles. The first-order chi connectivity index (χ1) is 8.54. The lowest BCUT2D eigenvalue weighted by atomic mass is 10.0. The van der Waals surface area contributed by atoms with E-state index in [-0.39, 0.29) is 16.1 Å². The van der Waals surface area contributed by atoms with Crippen molar-refractivity contribution >= 4 is 17.9 Å². The number of carbonyl (C=O) groups is 1. The SMILES string of the molecule is Cc1ccc(F)c(-c2ccc(C=O)cc2Cl)c1F. The summed E-state index contributed by atoms with van der Waals surface area (Å²) in [7, 11) is 0. The van der Waals surface area contributed by atoms with E-state index >= 15 is 0 Å². The molecule has 0 unspecified atom stereocenters. The highest BCUT2D eigenvalue weighted by Gasteiger charge is 2.16. The van der Waals surface area contributed by atoms with Gasteiger partial charge in [0.15, 0.2) is 0 Å². The second-order valence-electron chi connectivity index (χ2n) is 3.91. The van der Waals surface area contributed by atoms with Crippen LogP contribution in [0.15, 0.2) is 30.3 Å². The molecule has 2 aromatic rings. The van der Waals surface area contributed by atoms with Crippen LogP contribution in [0.25, 0.3) is 11.1 Å². The Hall–Kier alpha value is -1.74. The maximum absolute atomic E-state index is 13.9. The summed E-state index contributed by atoms with van der Waals surface area (Å²) in [5, 5.41) is 0.142. The molecule has 18 heavy (non-hydrogen) atoms. The minimum absolute atomic E-state index is 0.142. The van der Waals surface area contributed by atoms with E-state index in [2.05, 4.69) is 0 Å². The summed E-state index contributed by atoms with van der Waals surface area (Å²) in [4.78, 5) is 10.6. The number of carbonyl (C=O) groups excluding carboxylic acids is 1. The summed E-state index contributed by atoms with van der Waals surface area (Å²) >= 11 is 5.95. The average Bonchev–Trinajstić information content (AvgIpc) is 2.36. The molecule has 0 bridgehead atoms. The molecule has 0 spiro atoms. The van der Waals surface area contributed by atoms with Crippen molar-refractivity contribution < 1.29 is 13.6 Å². The fourth-order valence-electron chi connectivity index (χ4n) is 1.71. The van der Waals surface area contributed by atoms with Gasteiger partial charge >= 0.3 is 0 Å². The molecular weight excluding hydrogens is 258 g/mol. The van der Waals surface area contributed by atoms with Gasteiger partial charge in [-0.15, -0.1) is 0 Å². The fraction of sp³-hybridized carbons (Fsp3) is 0.0714. The molecule has 0 aromatic heterocycles. The quantitative estimate of drug-likeness (QED) is 0.736. The topological polar surface area (TPSA) is 17.1 Å². The van der Waals surface area contributed by atoms with E-state index in [0.717, 1.165) is 0 Å². The Morgan fingerprint density at radius 1 is 1.17 bits per heavy atom. The van der Waals surface area contributed by atoms with Gasteiger partial charge in [-0.2, -0.15) is 0 Å². The summed E-state index contributed by atoms with van der Waals surface area (Å²) in [6.45, 7) is 1.55. The highest BCUT2D eigenvalue weighted by atomic mass is 35.5. The van der Waals surface area contributed by atoms with Crippen molar-refractivity contribution in [3.05, 3.63) is 58.1 Å². The van der Waals surface area contributed by atoms with Gasteiger partial charge in [0.25, 0.3) is 0 Å². The largest absolute Gasteiger partial charge is 0.298 e. The zero-order valence-electron chi connectivity index (χ0n) is 9.51. The van der Waals surface area contributed by atoms with Crippen LogP contribution in [0.4, 0.5) is 8.78 Å². The molecule has 0 radical (unpaired) electrons. The molecule has 0 aliphatic rings. The third-order valence-electron chi connectivity index (χ3n) is 2.68. The van der Waals surface area contributed by atoms with Crippen molar-refractivity contribution in [2.75, 3.05) is 0 Å². The van der Waals surface area contributed by atoms with Gasteiger partial charge < -0.3 is 0 Å². The van der Waals surface area contributed by atoms with Crippen molar-refractivity contribution in [1.82, 2.24) is 0 Å². The molecule has 0 saturated heterocycles. The first kappa shape index (κ1) is 12.7. The summed E-state index contributed by atoms with van der Waals surface area (Å²) in [5.41, 5.74) is 0.762. The van der Waals surface area contributed by atoms with Crippen molar-refractivity contribution in [2.24, 2.45) is 0 Å². The molecule has 0 amide bonds. The Labute approximate surface area is 108 Å². The third-order valence-corrected chi connectivity index (χ3v) is 3.00. The second-order valence-corrected chi connectivity index (χ2v) is 4.32. The lowest BCUT2D eigenvalue weighted by Crippen LogP contribution is -1.94. The van der Waals surface area contributed by atoms with Gasteiger partial charge in [-0.1, -0.05) is 29.8 Å². The fourth-order valence-corrected chi connectivity index (χ4v) is 1.99. The minimum Gasteiger partial charge on any atom is -0.298 e. The smallest absolute Gasteiger partial charge is 0.150 e. The van der Waals surface area contributed by atoms with Crippen molar-refractivity contribution in [1.29, 1.82) is 0 Å². The van der Waals surface area contributed by atoms with Crippen LogP contribution >= 0.6 is 11.6 Å². The number of hydrogen-bond acceptors (Lipinski definition) is 1.